The smallest absolute Gasteiger partial charge is 0.131 e. The van der Waals surface area contributed by atoms with Crippen LogP contribution in [0.5, 0.6) is 0 Å². The molecule has 5 heteroatoms. The Kier molecular flexibility index (Phi) is 9.41. The van der Waals surface area contributed by atoms with E-state index in [2.05, 4.69) is 45.1 Å². The molecule has 0 aliphatic heterocycles. The number of hydrogen-bond donors (Lipinski definition) is 1. The van der Waals surface area contributed by atoms with Gasteiger partial charge >= 0.3 is 0 Å². The molecule has 0 spiro atoms. The highest BCUT2D eigenvalue weighted by molar-refractivity contribution is 8.93. The third-order valence-electron chi connectivity index (χ3n) is 4.35. The molecule has 2 aromatic rings. The van der Waals surface area contributed by atoms with Gasteiger partial charge in [-0.05, 0) is 42.7 Å². The summed E-state index contributed by atoms with van der Waals surface area (Å²) in [6.45, 7) is 9.45. The second-order valence-electron chi connectivity index (χ2n) is 6.78. The molecule has 0 aromatic heterocycles. The molecule has 1 unspecified atom stereocenters. The number of aryl methyl sites for hydroxylation is 2. The van der Waals surface area contributed by atoms with Gasteiger partial charge in [0.05, 0.1) is 13.2 Å². The van der Waals surface area contributed by atoms with Crippen LogP contribution in [0.3, 0.4) is 0 Å². The van der Waals surface area contributed by atoms with Gasteiger partial charge in [-0.1, -0.05) is 38.1 Å². The SMILES string of the molecule is Br.Cc1cccc(C)c1C(CNC(C)C)COCc1c(F)cccc1F. The first-order chi connectivity index (χ1) is 11.9. The predicted molar refractivity (Wildman–Crippen MR) is 108 cm³/mol. The van der Waals surface area contributed by atoms with E-state index in [1.165, 1.54) is 34.9 Å². The zero-order chi connectivity index (χ0) is 18.4. The molecular formula is C21H28BrF2NO. The maximum Gasteiger partial charge on any atom is 0.131 e. The van der Waals surface area contributed by atoms with Gasteiger partial charge in [0.1, 0.15) is 11.6 Å². The lowest BCUT2D eigenvalue weighted by Crippen LogP contribution is -2.30. The summed E-state index contributed by atoms with van der Waals surface area (Å²) in [5, 5.41) is 3.44. The first kappa shape index (κ1) is 22.7. The van der Waals surface area contributed by atoms with Crippen molar-refractivity contribution >= 4 is 17.0 Å². The Morgan fingerprint density at radius 2 is 1.50 bits per heavy atom. The lowest BCUT2D eigenvalue weighted by Gasteiger charge is -2.23. The minimum Gasteiger partial charge on any atom is -0.376 e. The molecule has 0 fully saturated rings. The third kappa shape index (κ3) is 6.15. The van der Waals surface area contributed by atoms with Crippen molar-refractivity contribution in [1.82, 2.24) is 5.32 Å². The maximum atomic E-state index is 13.7. The van der Waals surface area contributed by atoms with Gasteiger partial charge in [0.15, 0.2) is 0 Å². The number of benzene rings is 2. The summed E-state index contributed by atoms with van der Waals surface area (Å²) in [5.74, 6) is -1.01. The van der Waals surface area contributed by atoms with Crippen LogP contribution in [-0.4, -0.2) is 19.2 Å². The van der Waals surface area contributed by atoms with E-state index < -0.39 is 11.6 Å². The summed E-state index contributed by atoms with van der Waals surface area (Å²) in [6, 6.07) is 10.4. The fourth-order valence-electron chi connectivity index (χ4n) is 3.07. The molecular weight excluding hydrogens is 400 g/mol. The number of halogens is 3. The van der Waals surface area contributed by atoms with E-state index in [-0.39, 0.29) is 35.1 Å². The van der Waals surface area contributed by atoms with Crippen LogP contribution in [0.4, 0.5) is 8.78 Å². The Morgan fingerprint density at radius 1 is 0.962 bits per heavy atom. The zero-order valence-electron chi connectivity index (χ0n) is 15.8. The highest BCUT2D eigenvalue weighted by Crippen LogP contribution is 2.25. The van der Waals surface area contributed by atoms with E-state index in [0.29, 0.717) is 12.6 Å². The van der Waals surface area contributed by atoms with Crippen molar-refractivity contribution in [2.75, 3.05) is 13.2 Å². The highest BCUT2D eigenvalue weighted by atomic mass is 79.9. The fourth-order valence-corrected chi connectivity index (χ4v) is 3.07. The van der Waals surface area contributed by atoms with E-state index >= 15 is 0 Å². The first-order valence-corrected chi connectivity index (χ1v) is 8.70. The van der Waals surface area contributed by atoms with Gasteiger partial charge in [-0.25, -0.2) is 8.78 Å². The standard InChI is InChI=1S/C21H27F2NO.BrH/c1-14(2)24-11-17(21-15(3)7-5-8-16(21)4)12-25-13-18-19(22)9-6-10-20(18)23;/h5-10,14,17,24H,11-13H2,1-4H3;1H. The molecule has 0 saturated carbocycles. The van der Waals surface area contributed by atoms with Crippen LogP contribution in [0.15, 0.2) is 36.4 Å². The number of nitrogens with one attached hydrogen (secondary N) is 1. The van der Waals surface area contributed by atoms with Crippen LogP contribution in [0.25, 0.3) is 0 Å². The molecule has 2 aromatic carbocycles. The Labute approximate surface area is 165 Å². The molecule has 2 nitrogen and oxygen atoms in total. The molecule has 0 heterocycles. The van der Waals surface area contributed by atoms with Crippen LogP contribution in [0.1, 0.15) is 42.0 Å². The second-order valence-corrected chi connectivity index (χ2v) is 6.78. The van der Waals surface area contributed by atoms with Crippen molar-refractivity contribution in [3.8, 4) is 0 Å². The molecule has 144 valence electrons. The van der Waals surface area contributed by atoms with Crippen LogP contribution in [0.2, 0.25) is 0 Å². The van der Waals surface area contributed by atoms with Crippen LogP contribution >= 0.6 is 17.0 Å². The van der Waals surface area contributed by atoms with Crippen molar-refractivity contribution in [1.29, 1.82) is 0 Å². The largest absolute Gasteiger partial charge is 0.376 e. The molecule has 0 aliphatic rings. The van der Waals surface area contributed by atoms with E-state index in [4.69, 9.17) is 4.74 Å². The van der Waals surface area contributed by atoms with Gasteiger partial charge in [-0.3, -0.25) is 0 Å². The predicted octanol–water partition coefficient (Wildman–Crippen LogP) is 5.46. The molecule has 0 bridgehead atoms. The van der Waals surface area contributed by atoms with Gasteiger partial charge in [-0.2, -0.15) is 0 Å². The lowest BCUT2D eigenvalue weighted by molar-refractivity contribution is 0.101. The molecule has 0 saturated heterocycles. The lowest BCUT2D eigenvalue weighted by atomic mass is 9.91. The minimum absolute atomic E-state index is 0. The molecule has 0 amide bonds. The van der Waals surface area contributed by atoms with Crippen LogP contribution in [0, 0.1) is 25.5 Å². The van der Waals surface area contributed by atoms with Gasteiger partial charge in [0.25, 0.3) is 0 Å². The average molecular weight is 428 g/mol. The van der Waals surface area contributed by atoms with Crippen molar-refractivity contribution < 1.29 is 13.5 Å². The van der Waals surface area contributed by atoms with Crippen molar-refractivity contribution in [2.45, 2.75) is 46.3 Å². The number of ether oxygens (including phenoxy) is 1. The number of rotatable bonds is 8. The summed E-state index contributed by atoms with van der Waals surface area (Å²) < 4.78 is 33.2. The summed E-state index contributed by atoms with van der Waals surface area (Å²) in [5.41, 5.74) is 3.64. The Balaban J connectivity index is 0.00000338. The molecule has 2 rings (SSSR count). The Hall–Kier alpha value is -1.30. The second kappa shape index (κ2) is 10.8. The Bertz CT molecular complexity index is 666. The van der Waals surface area contributed by atoms with Crippen LogP contribution < -0.4 is 5.32 Å². The number of hydrogen-bond acceptors (Lipinski definition) is 2. The summed E-state index contributed by atoms with van der Waals surface area (Å²) in [7, 11) is 0. The third-order valence-corrected chi connectivity index (χ3v) is 4.35. The van der Waals surface area contributed by atoms with Gasteiger partial charge in [0, 0.05) is 24.1 Å². The van der Waals surface area contributed by atoms with Crippen molar-refractivity contribution in [3.05, 3.63) is 70.3 Å². The van der Waals surface area contributed by atoms with Gasteiger partial charge in [-0.15, -0.1) is 17.0 Å². The maximum absolute atomic E-state index is 13.7. The van der Waals surface area contributed by atoms with Crippen molar-refractivity contribution in [3.63, 3.8) is 0 Å². The molecule has 1 atom stereocenters. The normalized spacial score (nSPS) is 12.1. The fraction of sp³-hybridized carbons (Fsp3) is 0.429. The first-order valence-electron chi connectivity index (χ1n) is 8.70. The monoisotopic (exact) mass is 427 g/mol. The van der Waals surface area contributed by atoms with Gasteiger partial charge in [0.2, 0.25) is 0 Å². The molecule has 1 N–H and O–H groups in total. The molecule has 0 radical (unpaired) electrons. The molecule has 0 aliphatic carbocycles. The quantitative estimate of drug-likeness (QED) is 0.603. The van der Waals surface area contributed by atoms with E-state index in [9.17, 15) is 8.78 Å². The van der Waals surface area contributed by atoms with Crippen molar-refractivity contribution in [2.24, 2.45) is 0 Å². The summed E-state index contributed by atoms with van der Waals surface area (Å²) in [6.07, 6.45) is 0. The summed E-state index contributed by atoms with van der Waals surface area (Å²) in [4.78, 5) is 0. The van der Waals surface area contributed by atoms with E-state index in [0.717, 1.165) is 6.54 Å². The van der Waals surface area contributed by atoms with Crippen LogP contribution in [-0.2, 0) is 11.3 Å². The van der Waals surface area contributed by atoms with E-state index in [1.807, 2.05) is 6.07 Å². The van der Waals surface area contributed by atoms with Gasteiger partial charge < -0.3 is 10.1 Å². The molecule has 26 heavy (non-hydrogen) atoms. The average Bonchev–Trinajstić information content (AvgIpc) is 2.54. The minimum atomic E-state index is -0.566. The zero-order valence-corrected chi connectivity index (χ0v) is 17.5. The topological polar surface area (TPSA) is 21.3 Å². The highest BCUT2D eigenvalue weighted by Gasteiger charge is 2.18. The summed E-state index contributed by atoms with van der Waals surface area (Å²) >= 11 is 0. The van der Waals surface area contributed by atoms with E-state index in [1.54, 1.807) is 0 Å². The Morgan fingerprint density at radius 3 is 2.04 bits per heavy atom.